The summed E-state index contributed by atoms with van der Waals surface area (Å²) in [5.74, 6) is 0.139. The summed E-state index contributed by atoms with van der Waals surface area (Å²) in [6.45, 7) is 1.69. The molecule has 1 atom stereocenters. The van der Waals surface area contributed by atoms with Gasteiger partial charge in [0, 0.05) is 30.9 Å². The lowest BCUT2D eigenvalue weighted by Gasteiger charge is -2.23. The average molecular weight is 312 g/mol. The van der Waals surface area contributed by atoms with Gasteiger partial charge in [0.05, 0.1) is 5.69 Å². The topological polar surface area (TPSA) is 52.2 Å². The number of likely N-dealkylation sites (tertiary alicyclic amines) is 1. The average Bonchev–Trinajstić information content (AvgIpc) is 2.98. The summed E-state index contributed by atoms with van der Waals surface area (Å²) in [5.41, 5.74) is 2.77. The molecule has 1 aromatic heterocycles. The molecule has 2 aromatic rings. The number of carbonyl (C=O) groups excluding carboxylic acids is 1. The van der Waals surface area contributed by atoms with Crippen molar-refractivity contribution in [2.75, 3.05) is 27.2 Å². The minimum absolute atomic E-state index is 0.139. The van der Waals surface area contributed by atoms with Crippen molar-refractivity contribution in [2.24, 2.45) is 0 Å². The number of amides is 1. The van der Waals surface area contributed by atoms with E-state index in [1.165, 1.54) is 0 Å². The van der Waals surface area contributed by atoms with Crippen molar-refractivity contribution in [2.45, 2.75) is 25.3 Å². The van der Waals surface area contributed by atoms with Crippen LogP contribution in [0.25, 0.3) is 11.3 Å². The number of nitrogens with zero attached hydrogens (tertiary/aromatic N) is 3. The number of hydrogen-bond donors (Lipinski definition) is 1. The van der Waals surface area contributed by atoms with E-state index in [9.17, 15) is 4.79 Å². The van der Waals surface area contributed by atoms with Crippen LogP contribution in [0.15, 0.2) is 36.5 Å². The van der Waals surface area contributed by atoms with Crippen molar-refractivity contribution >= 4 is 5.91 Å². The molecule has 5 heteroatoms. The molecule has 1 N–H and O–H groups in total. The van der Waals surface area contributed by atoms with E-state index in [2.05, 4.69) is 29.2 Å². The largest absolute Gasteiger partial charge is 0.339 e. The third kappa shape index (κ3) is 3.62. The molecule has 122 valence electrons. The summed E-state index contributed by atoms with van der Waals surface area (Å²) in [4.78, 5) is 17.0. The molecule has 5 nitrogen and oxygen atoms in total. The Bertz CT molecular complexity index is 634. The first-order valence-corrected chi connectivity index (χ1v) is 8.20. The lowest BCUT2D eigenvalue weighted by Crippen LogP contribution is -2.33. The quantitative estimate of drug-likeness (QED) is 0.948. The minimum atomic E-state index is 0.139. The highest BCUT2D eigenvalue weighted by Gasteiger charge is 2.22. The third-order valence-corrected chi connectivity index (χ3v) is 4.66. The zero-order chi connectivity index (χ0) is 16.2. The Hall–Kier alpha value is -2.14. The second-order valence-corrected chi connectivity index (χ2v) is 6.39. The SMILES string of the molecule is CN(C)[C@@H]1CCCN(C(=O)c2ccc(-c3ccn[nH]3)cc2)CC1. The summed E-state index contributed by atoms with van der Waals surface area (Å²) < 4.78 is 0. The number of aromatic nitrogens is 2. The fourth-order valence-electron chi connectivity index (χ4n) is 3.19. The van der Waals surface area contributed by atoms with Crippen molar-refractivity contribution in [3.8, 4) is 11.3 Å². The highest BCUT2D eigenvalue weighted by Crippen LogP contribution is 2.20. The molecule has 0 spiro atoms. The van der Waals surface area contributed by atoms with E-state index in [0.29, 0.717) is 6.04 Å². The highest BCUT2D eigenvalue weighted by atomic mass is 16.2. The maximum atomic E-state index is 12.7. The van der Waals surface area contributed by atoms with Crippen LogP contribution in [0.3, 0.4) is 0 Å². The van der Waals surface area contributed by atoms with E-state index in [1.54, 1.807) is 6.20 Å². The summed E-state index contributed by atoms with van der Waals surface area (Å²) in [7, 11) is 4.24. The van der Waals surface area contributed by atoms with Gasteiger partial charge in [-0.1, -0.05) is 12.1 Å². The minimum Gasteiger partial charge on any atom is -0.339 e. The van der Waals surface area contributed by atoms with Gasteiger partial charge in [0.1, 0.15) is 0 Å². The summed E-state index contributed by atoms with van der Waals surface area (Å²) >= 11 is 0. The van der Waals surface area contributed by atoms with E-state index >= 15 is 0 Å². The molecule has 0 bridgehead atoms. The van der Waals surface area contributed by atoms with E-state index in [1.807, 2.05) is 35.2 Å². The Morgan fingerprint density at radius 3 is 2.61 bits per heavy atom. The van der Waals surface area contributed by atoms with Crippen LogP contribution in [0.1, 0.15) is 29.6 Å². The first kappa shape index (κ1) is 15.7. The van der Waals surface area contributed by atoms with Crippen molar-refractivity contribution in [1.29, 1.82) is 0 Å². The van der Waals surface area contributed by atoms with Crippen molar-refractivity contribution in [3.05, 3.63) is 42.1 Å². The van der Waals surface area contributed by atoms with Gasteiger partial charge in [-0.2, -0.15) is 5.10 Å². The molecule has 1 fully saturated rings. The Kier molecular flexibility index (Phi) is 4.76. The molecule has 1 aliphatic heterocycles. The predicted molar refractivity (Wildman–Crippen MR) is 91.3 cm³/mol. The molecule has 3 rings (SSSR count). The standard InChI is InChI=1S/C18H24N4O/c1-21(2)16-4-3-12-22(13-10-16)18(23)15-7-5-14(6-8-15)17-9-11-19-20-17/h5-9,11,16H,3-4,10,12-13H2,1-2H3,(H,19,20)/t16-/m1/s1. The Morgan fingerprint density at radius 2 is 1.96 bits per heavy atom. The molecule has 0 aliphatic carbocycles. The van der Waals surface area contributed by atoms with Crippen molar-refractivity contribution < 1.29 is 4.79 Å². The van der Waals surface area contributed by atoms with Crippen LogP contribution in [0.4, 0.5) is 0 Å². The third-order valence-electron chi connectivity index (χ3n) is 4.66. The predicted octanol–water partition coefficient (Wildman–Crippen LogP) is 2.63. The molecule has 0 unspecified atom stereocenters. The number of carbonyl (C=O) groups is 1. The number of benzene rings is 1. The number of hydrogen-bond acceptors (Lipinski definition) is 3. The summed E-state index contributed by atoms with van der Waals surface area (Å²) in [5, 5.41) is 6.90. The molecule has 1 saturated heterocycles. The van der Waals surface area contributed by atoms with Crippen LogP contribution < -0.4 is 0 Å². The van der Waals surface area contributed by atoms with Crippen LogP contribution in [-0.2, 0) is 0 Å². The van der Waals surface area contributed by atoms with Gasteiger partial charge < -0.3 is 9.80 Å². The van der Waals surface area contributed by atoms with Gasteiger partial charge in [-0.25, -0.2) is 0 Å². The highest BCUT2D eigenvalue weighted by molar-refractivity contribution is 5.94. The maximum Gasteiger partial charge on any atom is 0.253 e. The number of H-pyrrole nitrogens is 1. The number of rotatable bonds is 3. The first-order valence-electron chi connectivity index (χ1n) is 8.20. The summed E-state index contributed by atoms with van der Waals surface area (Å²) in [6.07, 6.45) is 5.01. The molecule has 2 heterocycles. The zero-order valence-corrected chi connectivity index (χ0v) is 13.8. The van der Waals surface area contributed by atoms with E-state index in [4.69, 9.17) is 0 Å². The van der Waals surface area contributed by atoms with Gasteiger partial charge in [0.2, 0.25) is 0 Å². The lowest BCUT2D eigenvalue weighted by atomic mass is 10.1. The van der Waals surface area contributed by atoms with E-state index < -0.39 is 0 Å². The molecule has 0 saturated carbocycles. The number of aromatic amines is 1. The second kappa shape index (κ2) is 6.96. The Labute approximate surface area is 137 Å². The molecular weight excluding hydrogens is 288 g/mol. The zero-order valence-electron chi connectivity index (χ0n) is 13.8. The van der Waals surface area contributed by atoms with Gasteiger partial charge in [-0.05, 0) is 57.1 Å². The molecule has 1 aliphatic rings. The molecular formula is C18H24N4O. The second-order valence-electron chi connectivity index (χ2n) is 6.39. The smallest absolute Gasteiger partial charge is 0.253 e. The fraction of sp³-hybridized carbons (Fsp3) is 0.444. The van der Waals surface area contributed by atoms with Crippen LogP contribution in [0, 0.1) is 0 Å². The Morgan fingerprint density at radius 1 is 1.17 bits per heavy atom. The van der Waals surface area contributed by atoms with Gasteiger partial charge in [-0.3, -0.25) is 9.89 Å². The van der Waals surface area contributed by atoms with Gasteiger partial charge in [-0.15, -0.1) is 0 Å². The monoisotopic (exact) mass is 312 g/mol. The summed E-state index contributed by atoms with van der Waals surface area (Å²) in [6, 6.07) is 10.3. The first-order chi connectivity index (χ1) is 11.1. The normalized spacial score (nSPS) is 18.9. The van der Waals surface area contributed by atoms with E-state index in [-0.39, 0.29) is 5.91 Å². The van der Waals surface area contributed by atoms with Gasteiger partial charge in [0.15, 0.2) is 0 Å². The van der Waals surface area contributed by atoms with Crippen molar-refractivity contribution in [3.63, 3.8) is 0 Å². The number of nitrogens with one attached hydrogen (secondary N) is 1. The molecule has 0 radical (unpaired) electrons. The van der Waals surface area contributed by atoms with Gasteiger partial charge >= 0.3 is 0 Å². The van der Waals surface area contributed by atoms with Crippen LogP contribution in [0.5, 0.6) is 0 Å². The van der Waals surface area contributed by atoms with Crippen molar-refractivity contribution in [1.82, 2.24) is 20.0 Å². The van der Waals surface area contributed by atoms with Crippen LogP contribution in [-0.4, -0.2) is 59.1 Å². The van der Waals surface area contributed by atoms with Gasteiger partial charge in [0.25, 0.3) is 5.91 Å². The van der Waals surface area contributed by atoms with Crippen LogP contribution in [0.2, 0.25) is 0 Å². The molecule has 1 aromatic carbocycles. The lowest BCUT2D eigenvalue weighted by molar-refractivity contribution is 0.0758. The molecule has 23 heavy (non-hydrogen) atoms. The maximum absolute atomic E-state index is 12.7. The van der Waals surface area contributed by atoms with Crippen LogP contribution >= 0.6 is 0 Å². The van der Waals surface area contributed by atoms with E-state index in [0.717, 1.165) is 49.2 Å². The Balaban J connectivity index is 1.68. The molecule has 1 amide bonds. The fourth-order valence-corrected chi connectivity index (χ4v) is 3.19.